The molecular formula is C14H17N3O. The van der Waals surface area contributed by atoms with Crippen molar-refractivity contribution in [3.8, 4) is 6.07 Å². The molecule has 2 rings (SSSR count). The number of nitriles is 1. The summed E-state index contributed by atoms with van der Waals surface area (Å²) >= 11 is 0. The molecule has 1 aromatic rings. The van der Waals surface area contributed by atoms with E-state index in [1.54, 1.807) is 12.1 Å². The minimum Gasteiger partial charge on any atom is -0.335 e. The van der Waals surface area contributed by atoms with Gasteiger partial charge in [-0.05, 0) is 30.5 Å². The molecule has 4 nitrogen and oxygen atoms in total. The van der Waals surface area contributed by atoms with Gasteiger partial charge in [-0.2, -0.15) is 5.26 Å². The third-order valence-electron chi connectivity index (χ3n) is 3.23. The highest BCUT2D eigenvalue weighted by Crippen LogP contribution is 2.17. The van der Waals surface area contributed by atoms with Crippen molar-refractivity contribution < 1.29 is 4.79 Å². The first-order chi connectivity index (χ1) is 8.78. The zero-order valence-corrected chi connectivity index (χ0v) is 10.3. The second-order valence-electron chi connectivity index (χ2n) is 4.62. The van der Waals surface area contributed by atoms with Crippen LogP contribution < -0.4 is 10.6 Å². The SMILES string of the molecule is N#Cc1ccc(CNC(=O)NC2CCCC2)cc1. The molecule has 0 unspecified atom stereocenters. The van der Waals surface area contributed by atoms with Crippen molar-refractivity contribution in [2.75, 3.05) is 0 Å². The Kier molecular flexibility index (Phi) is 4.19. The first-order valence-corrected chi connectivity index (χ1v) is 6.31. The zero-order chi connectivity index (χ0) is 12.8. The van der Waals surface area contributed by atoms with Crippen LogP contribution in [0.5, 0.6) is 0 Å². The number of hydrogen-bond donors (Lipinski definition) is 2. The average molecular weight is 243 g/mol. The molecule has 0 aromatic heterocycles. The lowest BCUT2D eigenvalue weighted by molar-refractivity contribution is 0.236. The van der Waals surface area contributed by atoms with E-state index in [4.69, 9.17) is 5.26 Å². The number of hydrogen-bond acceptors (Lipinski definition) is 2. The number of nitrogens with zero attached hydrogens (tertiary/aromatic N) is 1. The molecule has 4 heteroatoms. The Morgan fingerprint density at radius 2 is 1.94 bits per heavy atom. The van der Waals surface area contributed by atoms with E-state index in [0.29, 0.717) is 18.2 Å². The number of carbonyl (C=O) groups excluding carboxylic acids is 1. The van der Waals surface area contributed by atoms with E-state index in [2.05, 4.69) is 16.7 Å². The fourth-order valence-electron chi connectivity index (χ4n) is 2.19. The Morgan fingerprint density at radius 1 is 1.28 bits per heavy atom. The number of rotatable bonds is 3. The Labute approximate surface area is 107 Å². The van der Waals surface area contributed by atoms with Gasteiger partial charge in [-0.3, -0.25) is 0 Å². The lowest BCUT2D eigenvalue weighted by Crippen LogP contribution is -2.40. The van der Waals surface area contributed by atoms with Crippen molar-refractivity contribution in [1.82, 2.24) is 10.6 Å². The quantitative estimate of drug-likeness (QED) is 0.855. The fraction of sp³-hybridized carbons (Fsp3) is 0.429. The van der Waals surface area contributed by atoms with Crippen LogP contribution in [0.25, 0.3) is 0 Å². The van der Waals surface area contributed by atoms with Gasteiger partial charge in [0.1, 0.15) is 0 Å². The molecule has 0 saturated heterocycles. The maximum atomic E-state index is 11.6. The van der Waals surface area contributed by atoms with Crippen LogP contribution in [0.3, 0.4) is 0 Å². The molecule has 1 aliphatic rings. The summed E-state index contributed by atoms with van der Waals surface area (Å²) in [6, 6.07) is 9.52. The van der Waals surface area contributed by atoms with Crippen LogP contribution >= 0.6 is 0 Å². The van der Waals surface area contributed by atoms with Crippen LogP contribution in [0, 0.1) is 11.3 Å². The standard InChI is InChI=1S/C14H17N3O/c15-9-11-5-7-12(8-6-11)10-16-14(18)17-13-3-1-2-4-13/h5-8,13H,1-4,10H2,(H2,16,17,18). The van der Waals surface area contributed by atoms with E-state index in [0.717, 1.165) is 18.4 Å². The summed E-state index contributed by atoms with van der Waals surface area (Å²) < 4.78 is 0. The molecule has 0 radical (unpaired) electrons. The summed E-state index contributed by atoms with van der Waals surface area (Å²) in [7, 11) is 0. The van der Waals surface area contributed by atoms with E-state index in [1.807, 2.05) is 12.1 Å². The minimum atomic E-state index is -0.105. The van der Waals surface area contributed by atoms with Crippen LogP contribution in [0.1, 0.15) is 36.8 Å². The second-order valence-corrected chi connectivity index (χ2v) is 4.62. The summed E-state index contributed by atoms with van der Waals surface area (Å²) in [6.45, 7) is 0.490. The lowest BCUT2D eigenvalue weighted by atomic mass is 10.1. The number of nitrogens with one attached hydrogen (secondary N) is 2. The van der Waals surface area contributed by atoms with Gasteiger partial charge in [0.2, 0.25) is 0 Å². The molecule has 18 heavy (non-hydrogen) atoms. The van der Waals surface area contributed by atoms with Gasteiger partial charge in [0, 0.05) is 12.6 Å². The van der Waals surface area contributed by atoms with Gasteiger partial charge in [-0.1, -0.05) is 25.0 Å². The molecule has 2 amide bonds. The van der Waals surface area contributed by atoms with Crippen LogP contribution in [0.15, 0.2) is 24.3 Å². The third-order valence-corrected chi connectivity index (χ3v) is 3.23. The smallest absolute Gasteiger partial charge is 0.315 e. The molecule has 0 heterocycles. The van der Waals surface area contributed by atoms with E-state index >= 15 is 0 Å². The number of benzene rings is 1. The Hall–Kier alpha value is -2.02. The average Bonchev–Trinajstić information content (AvgIpc) is 2.90. The molecule has 0 aliphatic heterocycles. The van der Waals surface area contributed by atoms with Gasteiger partial charge in [-0.25, -0.2) is 4.79 Å². The fourth-order valence-corrected chi connectivity index (χ4v) is 2.19. The summed E-state index contributed by atoms with van der Waals surface area (Å²) in [5.41, 5.74) is 1.63. The van der Waals surface area contributed by atoms with Crippen molar-refractivity contribution >= 4 is 6.03 Å². The normalized spacial score (nSPS) is 15.1. The molecule has 2 N–H and O–H groups in total. The molecule has 0 spiro atoms. The summed E-state index contributed by atoms with van der Waals surface area (Å²) in [5, 5.41) is 14.5. The van der Waals surface area contributed by atoms with Crippen molar-refractivity contribution in [3.63, 3.8) is 0 Å². The molecule has 0 bridgehead atoms. The van der Waals surface area contributed by atoms with Gasteiger partial charge in [-0.15, -0.1) is 0 Å². The van der Waals surface area contributed by atoms with Gasteiger partial charge >= 0.3 is 6.03 Å². The van der Waals surface area contributed by atoms with Crippen molar-refractivity contribution in [2.24, 2.45) is 0 Å². The Bertz CT molecular complexity index is 441. The van der Waals surface area contributed by atoms with Gasteiger partial charge in [0.15, 0.2) is 0 Å². The first-order valence-electron chi connectivity index (χ1n) is 6.31. The molecule has 1 aliphatic carbocycles. The second kappa shape index (κ2) is 6.06. The van der Waals surface area contributed by atoms with E-state index in [1.165, 1.54) is 12.8 Å². The molecule has 1 saturated carbocycles. The zero-order valence-electron chi connectivity index (χ0n) is 10.3. The van der Waals surface area contributed by atoms with Crippen molar-refractivity contribution in [2.45, 2.75) is 38.3 Å². The maximum absolute atomic E-state index is 11.6. The molecular weight excluding hydrogens is 226 g/mol. The van der Waals surface area contributed by atoms with Gasteiger partial charge < -0.3 is 10.6 Å². The maximum Gasteiger partial charge on any atom is 0.315 e. The van der Waals surface area contributed by atoms with Crippen molar-refractivity contribution in [3.05, 3.63) is 35.4 Å². The van der Waals surface area contributed by atoms with Crippen LogP contribution in [-0.4, -0.2) is 12.1 Å². The third kappa shape index (κ3) is 3.49. The molecule has 0 atom stereocenters. The molecule has 1 aromatic carbocycles. The summed E-state index contributed by atoms with van der Waals surface area (Å²) in [5.74, 6) is 0. The van der Waals surface area contributed by atoms with Crippen LogP contribution in [-0.2, 0) is 6.54 Å². The number of urea groups is 1. The molecule has 94 valence electrons. The number of amides is 2. The Morgan fingerprint density at radius 3 is 2.56 bits per heavy atom. The summed E-state index contributed by atoms with van der Waals surface area (Å²) in [6.07, 6.45) is 4.59. The van der Waals surface area contributed by atoms with Crippen LogP contribution in [0.2, 0.25) is 0 Å². The predicted molar refractivity (Wildman–Crippen MR) is 68.8 cm³/mol. The topological polar surface area (TPSA) is 64.9 Å². The largest absolute Gasteiger partial charge is 0.335 e. The minimum absolute atomic E-state index is 0.105. The first kappa shape index (κ1) is 12.4. The highest BCUT2D eigenvalue weighted by atomic mass is 16.2. The predicted octanol–water partition coefficient (Wildman–Crippen LogP) is 2.30. The van der Waals surface area contributed by atoms with Gasteiger partial charge in [0.05, 0.1) is 11.6 Å². The van der Waals surface area contributed by atoms with E-state index < -0.39 is 0 Å². The molecule has 1 fully saturated rings. The lowest BCUT2D eigenvalue weighted by Gasteiger charge is -2.12. The van der Waals surface area contributed by atoms with Gasteiger partial charge in [0.25, 0.3) is 0 Å². The highest BCUT2D eigenvalue weighted by molar-refractivity contribution is 5.74. The van der Waals surface area contributed by atoms with E-state index in [-0.39, 0.29) is 6.03 Å². The van der Waals surface area contributed by atoms with E-state index in [9.17, 15) is 4.79 Å². The number of carbonyl (C=O) groups is 1. The monoisotopic (exact) mass is 243 g/mol. The van der Waals surface area contributed by atoms with Crippen molar-refractivity contribution in [1.29, 1.82) is 5.26 Å². The highest BCUT2D eigenvalue weighted by Gasteiger charge is 2.16. The van der Waals surface area contributed by atoms with Crippen LogP contribution in [0.4, 0.5) is 4.79 Å². The summed E-state index contributed by atoms with van der Waals surface area (Å²) in [4.78, 5) is 11.6. The Balaban J connectivity index is 1.76.